The number of carbonyl (C=O) groups excluding carboxylic acids is 1. The Balaban J connectivity index is 1.82. The van der Waals surface area contributed by atoms with Gasteiger partial charge in [0.15, 0.2) is 0 Å². The summed E-state index contributed by atoms with van der Waals surface area (Å²) in [7, 11) is 1.05. The van der Waals surface area contributed by atoms with Crippen LogP contribution in [0, 0.1) is 5.92 Å². The van der Waals surface area contributed by atoms with E-state index in [1.807, 2.05) is 39.8 Å². The van der Waals surface area contributed by atoms with Gasteiger partial charge in [-0.15, -0.1) is 0 Å². The molecule has 2 heterocycles. The van der Waals surface area contributed by atoms with Crippen molar-refractivity contribution < 1.29 is 28.7 Å². The van der Waals surface area contributed by atoms with Crippen molar-refractivity contribution in [2.24, 2.45) is 5.92 Å². The highest BCUT2D eigenvalue weighted by Gasteiger charge is 2.52. The predicted molar refractivity (Wildman–Crippen MR) is 104 cm³/mol. The van der Waals surface area contributed by atoms with Crippen molar-refractivity contribution in [3.63, 3.8) is 0 Å². The molecule has 7 nitrogen and oxygen atoms in total. The minimum Gasteiger partial charge on any atom is -0.497 e. The average Bonchev–Trinajstić information content (AvgIpc) is 3.10. The van der Waals surface area contributed by atoms with E-state index in [9.17, 15) is 9.59 Å². The first kappa shape index (κ1) is 20.7. The van der Waals surface area contributed by atoms with E-state index in [-0.39, 0.29) is 12.3 Å². The van der Waals surface area contributed by atoms with Crippen LogP contribution in [0.2, 0.25) is 0 Å². The van der Waals surface area contributed by atoms with Gasteiger partial charge in [-0.3, -0.25) is 9.59 Å². The summed E-state index contributed by atoms with van der Waals surface area (Å²) in [6.45, 7) is 10.4. The molecule has 8 heteroatoms. The number of ether oxygens (including phenoxy) is 1. The van der Waals surface area contributed by atoms with Crippen molar-refractivity contribution in [3.8, 4) is 5.75 Å². The molecule has 1 fully saturated rings. The van der Waals surface area contributed by atoms with Crippen molar-refractivity contribution in [3.05, 3.63) is 23.3 Å². The molecule has 0 aromatic heterocycles. The van der Waals surface area contributed by atoms with E-state index in [0.29, 0.717) is 18.8 Å². The van der Waals surface area contributed by atoms with Crippen LogP contribution in [0.5, 0.6) is 5.75 Å². The first-order valence-electron chi connectivity index (χ1n) is 9.51. The van der Waals surface area contributed by atoms with E-state index in [0.717, 1.165) is 16.6 Å². The monoisotopic (exact) mass is 389 g/mol. The summed E-state index contributed by atoms with van der Waals surface area (Å²) in [6, 6.07) is 3.90. The highest BCUT2D eigenvalue weighted by Crippen LogP contribution is 2.38. The normalized spacial score (nSPS) is 20.8. The van der Waals surface area contributed by atoms with Gasteiger partial charge in [-0.2, -0.15) is 0 Å². The van der Waals surface area contributed by atoms with E-state index in [2.05, 4.69) is 0 Å². The summed E-state index contributed by atoms with van der Waals surface area (Å²) >= 11 is 0. The SMILES string of the molecule is COc1cc2c(cc1B1OC(C)(C)C(C)(C)O1)CN(C(=O)C[C@H](C)C(=O)O)C2. The zero-order chi connectivity index (χ0) is 20.9. The largest absolute Gasteiger partial charge is 0.498 e. The number of methoxy groups -OCH3 is 1. The highest BCUT2D eigenvalue weighted by molar-refractivity contribution is 6.63. The number of hydrogen-bond donors (Lipinski definition) is 1. The molecule has 28 heavy (non-hydrogen) atoms. The molecule has 2 aliphatic heterocycles. The highest BCUT2D eigenvalue weighted by atomic mass is 16.7. The van der Waals surface area contributed by atoms with Crippen molar-refractivity contribution in [2.45, 2.75) is 65.3 Å². The number of amides is 1. The van der Waals surface area contributed by atoms with Gasteiger partial charge in [-0.1, -0.05) is 13.0 Å². The molecule has 1 saturated heterocycles. The van der Waals surface area contributed by atoms with Gasteiger partial charge in [0.25, 0.3) is 0 Å². The molecule has 1 N–H and O–H groups in total. The Morgan fingerprint density at radius 1 is 1.18 bits per heavy atom. The number of aliphatic carboxylic acids is 1. The lowest BCUT2D eigenvalue weighted by Gasteiger charge is -2.32. The lowest BCUT2D eigenvalue weighted by Crippen LogP contribution is -2.41. The first-order chi connectivity index (χ1) is 12.9. The molecule has 0 aliphatic carbocycles. The average molecular weight is 389 g/mol. The van der Waals surface area contributed by atoms with E-state index in [1.54, 1.807) is 18.9 Å². The molecule has 0 bridgehead atoms. The van der Waals surface area contributed by atoms with Crippen LogP contribution < -0.4 is 10.2 Å². The lowest BCUT2D eigenvalue weighted by molar-refractivity contribution is -0.145. The third-order valence-corrected chi connectivity index (χ3v) is 6.04. The molecule has 1 aromatic rings. The van der Waals surface area contributed by atoms with Crippen LogP contribution >= 0.6 is 0 Å². The van der Waals surface area contributed by atoms with E-state index in [4.69, 9.17) is 19.2 Å². The van der Waals surface area contributed by atoms with Crippen LogP contribution in [-0.2, 0) is 32.0 Å². The summed E-state index contributed by atoms with van der Waals surface area (Å²) in [5.41, 5.74) is 1.87. The Bertz CT molecular complexity index is 790. The number of hydrogen-bond acceptors (Lipinski definition) is 5. The molecule has 1 aromatic carbocycles. The smallest absolute Gasteiger partial charge is 0.497 e. The molecule has 0 radical (unpaired) electrons. The first-order valence-corrected chi connectivity index (χ1v) is 9.51. The van der Waals surface area contributed by atoms with Gasteiger partial charge < -0.3 is 24.1 Å². The number of carboxylic acid groups (broad SMARTS) is 1. The molecule has 0 saturated carbocycles. The Hall–Kier alpha value is -2.06. The predicted octanol–water partition coefficient (Wildman–Crippen LogP) is 1.95. The van der Waals surface area contributed by atoms with Crippen LogP contribution in [0.4, 0.5) is 0 Å². The van der Waals surface area contributed by atoms with Crippen LogP contribution in [0.15, 0.2) is 12.1 Å². The minimum absolute atomic E-state index is 0.00938. The minimum atomic E-state index is -0.963. The van der Waals surface area contributed by atoms with E-state index >= 15 is 0 Å². The molecule has 1 atom stereocenters. The molecule has 0 spiro atoms. The fraction of sp³-hybridized carbons (Fsp3) is 0.600. The standard InChI is InChI=1S/C20H28BNO6/c1-12(18(24)25)7-17(23)22-10-13-8-15(16(26-6)9-14(13)11-22)21-27-19(2,3)20(4,5)28-21/h8-9,12H,7,10-11H2,1-6H3,(H,24,25)/t12-/m0/s1. The number of benzene rings is 1. The number of fused-ring (bicyclic) bond motifs is 1. The van der Waals surface area contributed by atoms with Crippen LogP contribution in [0.25, 0.3) is 0 Å². The Morgan fingerprint density at radius 2 is 1.71 bits per heavy atom. The van der Waals surface area contributed by atoms with Crippen molar-refractivity contribution in [1.82, 2.24) is 4.90 Å². The van der Waals surface area contributed by atoms with Gasteiger partial charge >= 0.3 is 13.1 Å². The molecule has 0 unspecified atom stereocenters. The second-order valence-electron chi connectivity index (χ2n) is 8.64. The zero-order valence-electron chi connectivity index (χ0n) is 17.4. The second-order valence-corrected chi connectivity index (χ2v) is 8.64. The Labute approximate surface area is 166 Å². The maximum atomic E-state index is 12.5. The number of carboxylic acids is 1. The van der Waals surface area contributed by atoms with Crippen LogP contribution in [-0.4, -0.2) is 47.3 Å². The maximum Gasteiger partial charge on any atom is 0.498 e. The summed E-state index contributed by atoms with van der Waals surface area (Å²) in [5, 5.41) is 9.04. The lowest BCUT2D eigenvalue weighted by atomic mass is 9.77. The van der Waals surface area contributed by atoms with Gasteiger partial charge in [0.2, 0.25) is 5.91 Å². The van der Waals surface area contributed by atoms with E-state index < -0.39 is 30.2 Å². The second kappa shape index (κ2) is 7.08. The summed E-state index contributed by atoms with van der Waals surface area (Å²) < 4.78 is 17.9. The van der Waals surface area contributed by atoms with Crippen molar-refractivity contribution >= 4 is 24.5 Å². The summed E-state index contributed by atoms with van der Waals surface area (Å²) in [4.78, 5) is 25.2. The number of rotatable bonds is 5. The Morgan fingerprint density at radius 3 is 2.21 bits per heavy atom. The number of nitrogens with zero attached hydrogens (tertiary/aromatic N) is 1. The third-order valence-electron chi connectivity index (χ3n) is 6.04. The fourth-order valence-electron chi connectivity index (χ4n) is 3.43. The molecule has 2 aliphatic rings. The van der Waals surface area contributed by atoms with Crippen molar-refractivity contribution in [2.75, 3.05) is 7.11 Å². The third kappa shape index (κ3) is 3.63. The van der Waals surface area contributed by atoms with Gasteiger partial charge in [0, 0.05) is 25.0 Å². The van der Waals surface area contributed by atoms with Gasteiger partial charge in [0.05, 0.1) is 24.2 Å². The fourth-order valence-corrected chi connectivity index (χ4v) is 3.43. The van der Waals surface area contributed by atoms with Gasteiger partial charge in [0.1, 0.15) is 5.75 Å². The molecular formula is C20H28BNO6. The maximum absolute atomic E-state index is 12.5. The zero-order valence-corrected chi connectivity index (χ0v) is 17.4. The molecule has 152 valence electrons. The number of carbonyl (C=O) groups is 2. The van der Waals surface area contributed by atoms with E-state index in [1.165, 1.54) is 0 Å². The molecular weight excluding hydrogens is 361 g/mol. The molecule has 3 rings (SSSR count). The molecule has 1 amide bonds. The Kier molecular flexibility index (Phi) is 5.23. The van der Waals surface area contributed by atoms with Crippen LogP contribution in [0.1, 0.15) is 52.2 Å². The van der Waals surface area contributed by atoms with Crippen molar-refractivity contribution in [1.29, 1.82) is 0 Å². The quantitative estimate of drug-likeness (QED) is 0.775. The van der Waals surface area contributed by atoms with Gasteiger partial charge in [-0.05, 0) is 44.9 Å². The summed E-state index contributed by atoms with van der Waals surface area (Å²) in [6.07, 6.45) is -0.00938. The van der Waals surface area contributed by atoms with Crippen LogP contribution in [0.3, 0.4) is 0 Å². The van der Waals surface area contributed by atoms with Gasteiger partial charge in [-0.25, -0.2) is 0 Å². The topological polar surface area (TPSA) is 85.3 Å². The summed E-state index contributed by atoms with van der Waals surface area (Å²) in [5.74, 6) is -1.17.